The zero-order chi connectivity index (χ0) is 12.9. The highest BCUT2D eigenvalue weighted by Crippen LogP contribution is 2.22. The Hall–Kier alpha value is -1.02. The van der Waals surface area contributed by atoms with E-state index in [1.54, 1.807) is 4.90 Å². The van der Waals surface area contributed by atoms with Gasteiger partial charge in [0.05, 0.1) is 18.1 Å². The van der Waals surface area contributed by atoms with Crippen LogP contribution in [0.1, 0.15) is 26.2 Å². The van der Waals surface area contributed by atoms with Crippen LogP contribution in [0.4, 0.5) is 0 Å². The van der Waals surface area contributed by atoms with E-state index < -0.39 is 9.84 Å². The van der Waals surface area contributed by atoms with E-state index in [1.165, 1.54) is 0 Å². The standard InChI is InChI=1S/C12H19NO3S/c1-3-6-13(7-4-2)12(14)9-11-5-8-17(15,16)10-11/h1,11H,4-10H2,2H3. The third-order valence-corrected chi connectivity index (χ3v) is 4.76. The zero-order valence-corrected chi connectivity index (χ0v) is 11.0. The molecule has 4 nitrogen and oxygen atoms in total. The van der Waals surface area contributed by atoms with Gasteiger partial charge in [-0.05, 0) is 18.8 Å². The van der Waals surface area contributed by atoms with Crippen molar-refractivity contribution < 1.29 is 13.2 Å². The van der Waals surface area contributed by atoms with Gasteiger partial charge in [-0.1, -0.05) is 12.8 Å². The molecule has 1 heterocycles. The fourth-order valence-electron chi connectivity index (χ4n) is 2.08. The summed E-state index contributed by atoms with van der Waals surface area (Å²) < 4.78 is 22.6. The Kier molecular flexibility index (Phi) is 5.01. The minimum absolute atomic E-state index is 0.0214. The third-order valence-electron chi connectivity index (χ3n) is 2.92. The van der Waals surface area contributed by atoms with E-state index >= 15 is 0 Å². The van der Waals surface area contributed by atoms with Crippen molar-refractivity contribution in [3.05, 3.63) is 0 Å². The molecule has 0 spiro atoms. The molecule has 0 radical (unpaired) electrons. The van der Waals surface area contributed by atoms with Crippen molar-refractivity contribution in [3.63, 3.8) is 0 Å². The monoisotopic (exact) mass is 257 g/mol. The third kappa shape index (κ3) is 4.39. The predicted molar refractivity (Wildman–Crippen MR) is 67.1 cm³/mol. The van der Waals surface area contributed by atoms with E-state index in [0.717, 1.165) is 6.42 Å². The van der Waals surface area contributed by atoms with Crippen LogP contribution >= 0.6 is 0 Å². The number of hydrogen-bond acceptors (Lipinski definition) is 3. The van der Waals surface area contributed by atoms with Crippen LogP contribution in [-0.2, 0) is 14.6 Å². The molecule has 1 aliphatic rings. The topological polar surface area (TPSA) is 54.5 Å². The minimum atomic E-state index is -2.90. The molecule has 17 heavy (non-hydrogen) atoms. The van der Waals surface area contributed by atoms with Crippen molar-refractivity contribution in [2.75, 3.05) is 24.6 Å². The SMILES string of the molecule is C#CCN(CCC)C(=O)CC1CCS(=O)(=O)C1. The van der Waals surface area contributed by atoms with Gasteiger partial charge in [0, 0.05) is 13.0 Å². The summed E-state index contributed by atoms with van der Waals surface area (Å²) in [6.45, 7) is 2.94. The summed E-state index contributed by atoms with van der Waals surface area (Å²) in [5.74, 6) is 2.78. The Labute approximate surface area is 103 Å². The normalized spacial score (nSPS) is 22.0. The maximum atomic E-state index is 11.9. The van der Waals surface area contributed by atoms with Gasteiger partial charge in [0.25, 0.3) is 0 Å². The van der Waals surface area contributed by atoms with Crippen LogP contribution in [0.5, 0.6) is 0 Å². The van der Waals surface area contributed by atoms with Crippen molar-refractivity contribution in [1.29, 1.82) is 0 Å². The number of hydrogen-bond donors (Lipinski definition) is 0. The molecule has 1 amide bonds. The molecule has 0 aliphatic carbocycles. The van der Waals surface area contributed by atoms with Gasteiger partial charge in [0.15, 0.2) is 9.84 Å². The Morgan fingerprint density at radius 2 is 2.24 bits per heavy atom. The van der Waals surface area contributed by atoms with Crippen LogP contribution in [0.3, 0.4) is 0 Å². The smallest absolute Gasteiger partial charge is 0.223 e. The quantitative estimate of drug-likeness (QED) is 0.681. The Morgan fingerprint density at radius 3 is 2.71 bits per heavy atom. The van der Waals surface area contributed by atoms with Gasteiger partial charge in [0.2, 0.25) is 5.91 Å². The molecule has 1 unspecified atom stereocenters. The average molecular weight is 257 g/mol. The summed E-state index contributed by atoms with van der Waals surface area (Å²) in [6.07, 6.45) is 6.97. The first-order chi connectivity index (χ1) is 7.98. The van der Waals surface area contributed by atoms with Gasteiger partial charge in [0.1, 0.15) is 0 Å². The van der Waals surface area contributed by atoms with Gasteiger partial charge in [-0.2, -0.15) is 0 Å². The second kappa shape index (κ2) is 6.06. The molecular formula is C12H19NO3S. The second-order valence-corrected chi connectivity index (χ2v) is 6.72. The Balaban J connectivity index is 2.50. The van der Waals surface area contributed by atoms with Crippen molar-refractivity contribution in [2.45, 2.75) is 26.2 Å². The van der Waals surface area contributed by atoms with Crippen molar-refractivity contribution >= 4 is 15.7 Å². The first-order valence-corrected chi connectivity index (χ1v) is 7.72. The average Bonchev–Trinajstić information content (AvgIpc) is 2.57. The lowest BCUT2D eigenvalue weighted by molar-refractivity contribution is -0.131. The van der Waals surface area contributed by atoms with E-state index in [-0.39, 0.29) is 23.3 Å². The zero-order valence-electron chi connectivity index (χ0n) is 10.2. The summed E-state index contributed by atoms with van der Waals surface area (Å²) >= 11 is 0. The molecule has 0 aromatic heterocycles. The maximum absolute atomic E-state index is 11.9. The van der Waals surface area contributed by atoms with Crippen LogP contribution in [0, 0.1) is 18.3 Å². The summed E-state index contributed by atoms with van der Waals surface area (Å²) in [4.78, 5) is 13.6. The van der Waals surface area contributed by atoms with Crippen LogP contribution < -0.4 is 0 Å². The maximum Gasteiger partial charge on any atom is 0.223 e. The minimum Gasteiger partial charge on any atom is -0.332 e. The van der Waals surface area contributed by atoms with E-state index in [4.69, 9.17) is 6.42 Å². The Morgan fingerprint density at radius 1 is 1.53 bits per heavy atom. The predicted octanol–water partition coefficient (Wildman–Crippen LogP) is 0.683. The van der Waals surface area contributed by atoms with Gasteiger partial charge >= 0.3 is 0 Å². The van der Waals surface area contributed by atoms with Gasteiger partial charge in [-0.15, -0.1) is 6.42 Å². The molecule has 5 heteroatoms. The number of sulfone groups is 1. The molecule has 1 atom stereocenters. The lowest BCUT2D eigenvalue weighted by Gasteiger charge is -2.20. The van der Waals surface area contributed by atoms with Gasteiger partial charge in [-0.25, -0.2) is 8.42 Å². The van der Waals surface area contributed by atoms with Gasteiger partial charge < -0.3 is 4.90 Å². The largest absolute Gasteiger partial charge is 0.332 e. The van der Waals surface area contributed by atoms with E-state index in [0.29, 0.717) is 25.9 Å². The molecular weight excluding hydrogens is 238 g/mol. The van der Waals surface area contributed by atoms with Crippen molar-refractivity contribution in [2.24, 2.45) is 5.92 Å². The number of amides is 1. The molecule has 0 saturated carbocycles. The molecule has 0 aromatic carbocycles. The molecule has 1 rings (SSSR count). The Bertz CT molecular complexity index is 408. The first kappa shape index (κ1) is 14.0. The molecule has 0 aromatic rings. The summed E-state index contributed by atoms with van der Waals surface area (Å²) in [5.41, 5.74) is 0. The van der Waals surface area contributed by atoms with E-state index in [9.17, 15) is 13.2 Å². The number of nitrogens with zero attached hydrogens (tertiary/aromatic N) is 1. The van der Waals surface area contributed by atoms with Gasteiger partial charge in [-0.3, -0.25) is 4.79 Å². The molecule has 1 fully saturated rings. The van der Waals surface area contributed by atoms with Crippen LogP contribution in [0.2, 0.25) is 0 Å². The lowest BCUT2D eigenvalue weighted by atomic mass is 10.0. The van der Waals surface area contributed by atoms with Crippen LogP contribution in [0.25, 0.3) is 0 Å². The fourth-order valence-corrected chi connectivity index (χ4v) is 3.94. The first-order valence-electron chi connectivity index (χ1n) is 5.90. The highest BCUT2D eigenvalue weighted by Gasteiger charge is 2.30. The lowest BCUT2D eigenvalue weighted by Crippen LogP contribution is -2.33. The second-order valence-electron chi connectivity index (χ2n) is 4.49. The summed E-state index contributed by atoms with van der Waals surface area (Å²) in [5, 5.41) is 0. The molecule has 1 aliphatic heterocycles. The number of carbonyl (C=O) groups excluding carboxylic acids is 1. The van der Waals surface area contributed by atoms with Crippen LogP contribution in [0.15, 0.2) is 0 Å². The number of carbonyl (C=O) groups is 1. The number of rotatable bonds is 5. The molecule has 0 N–H and O–H groups in total. The number of terminal acetylenes is 1. The molecule has 0 bridgehead atoms. The summed E-state index contributed by atoms with van der Waals surface area (Å²) in [7, 11) is -2.90. The van der Waals surface area contributed by atoms with Crippen LogP contribution in [-0.4, -0.2) is 43.8 Å². The molecule has 1 saturated heterocycles. The van der Waals surface area contributed by atoms with E-state index in [2.05, 4.69) is 5.92 Å². The highest BCUT2D eigenvalue weighted by molar-refractivity contribution is 7.91. The highest BCUT2D eigenvalue weighted by atomic mass is 32.2. The summed E-state index contributed by atoms with van der Waals surface area (Å²) in [6, 6.07) is 0. The van der Waals surface area contributed by atoms with Crippen molar-refractivity contribution in [3.8, 4) is 12.3 Å². The van der Waals surface area contributed by atoms with Crippen molar-refractivity contribution in [1.82, 2.24) is 4.90 Å². The molecule has 96 valence electrons. The van der Waals surface area contributed by atoms with E-state index in [1.807, 2.05) is 6.92 Å². The fraction of sp³-hybridized carbons (Fsp3) is 0.750.